The van der Waals surface area contributed by atoms with E-state index in [1.165, 1.54) is 6.33 Å². The Balaban J connectivity index is 2.34. The lowest BCUT2D eigenvalue weighted by atomic mass is 10.2. The highest BCUT2D eigenvalue weighted by molar-refractivity contribution is 9.10. The molecule has 4 nitrogen and oxygen atoms in total. The summed E-state index contributed by atoms with van der Waals surface area (Å²) in [7, 11) is 0. The molecule has 2 aromatic rings. The Morgan fingerprint density at radius 1 is 1.39 bits per heavy atom. The molecular formula is C12H12BrClN4. The fourth-order valence-electron chi connectivity index (χ4n) is 1.59. The minimum atomic E-state index is 0.498. The second-order valence-corrected chi connectivity index (χ2v) is 4.96. The highest BCUT2D eigenvalue weighted by Crippen LogP contribution is 2.28. The van der Waals surface area contributed by atoms with Gasteiger partial charge in [0.15, 0.2) is 0 Å². The normalized spacial score (nSPS) is 10.4. The summed E-state index contributed by atoms with van der Waals surface area (Å²) < 4.78 is 0.854. The van der Waals surface area contributed by atoms with Crippen LogP contribution in [-0.4, -0.2) is 9.97 Å². The first-order chi connectivity index (χ1) is 8.61. The lowest BCUT2D eigenvalue weighted by molar-refractivity contribution is 1.06. The third kappa shape index (κ3) is 2.73. The standard InChI is InChI=1S/C12H12BrClN4/c1-2-8-11(15)16-6-17-12(8)18-7-3-4-9(13)10(14)5-7/h3-6H,2H2,1H3,(H3,15,16,17,18). The van der Waals surface area contributed by atoms with Crippen molar-refractivity contribution in [1.29, 1.82) is 0 Å². The van der Waals surface area contributed by atoms with Gasteiger partial charge in [-0.2, -0.15) is 0 Å². The van der Waals surface area contributed by atoms with Crippen LogP contribution in [0.15, 0.2) is 29.0 Å². The van der Waals surface area contributed by atoms with Crippen molar-refractivity contribution in [3.05, 3.63) is 39.6 Å². The maximum absolute atomic E-state index is 6.04. The fraction of sp³-hybridized carbons (Fsp3) is 0.167. The van der Waals surface area contributed by atoms with Crippen molar-refractivity contribution in [2.45, 2.75) is 13.3 Å². The number of rotatable bonds is 3. The van der Waals surface area contributed by atoms with Crippen LogP contribution in [0.4, 0.5) is 17.3 Å². The Bertz CT molecular complexity index is 574. The second kappa shape index (κ2) is 5.54. The summed E-state index contributed by atoms with van der Waals surface area (Å²) in [6, 6.07) is 5.61. The minimum absolute atomic E-state index is 0.498. The molecule has 3 N–H and O–H groups in total. The number of hydrogen-bond acceptors (Lipinski definition) is 4. The number of hydrogen-bond donors (Lipinski definition) is 2. The number of benzene rings is 1. The van der Waals surface area contributed by atoms with Crippen LogP contribution in [0.3, 0.4) is 0 Å². The molecule has 1 aromatic heterocycles. The first-order valence-corrected chi connectivity index (χ1v) is 6.60. The van der Waals surface area contributed by atoms with Gasteiger partial charge in [-0.3, -0.25) is 0 Å². The topological polar surface area (TPSA) is 63.8 Å². The van der Waals surface area contributed by atoms with Gasteiger partial charge in [-0.05, 0) is 40.5 Å². The van der Waals surface area contributed by atoms with Crippen molar-refractivity contribution < 1.29 is 0 Å². The molecule has 6 heteroatoms. The lowest BCUT2D eigenvalue weighted by Gasteiger charge is -2.11. The highest BCUT2D eigenvalue weighted by Gasteiger charge is 2.08. The summed E-state index contributed by atoms with van der Waals surface area (Å²) in [5.74, 6) is 1.21. The molecule has 18 heavy (non-hydrogen) atoms. The van der Waals surface area contributed by atoms with E-state index < -0.39 is 0 Å². The van der Waals surface area contributed by atoms with Gasteiger partial charge in [0.2, 0.25) is 0 Å². The van der Waals surface area contributed by atoms with Gasteiger partial charge in [0, 0.05) is 15.7 Å². The fourth-order valence-corrected chi connectivity index (χ4v) is 2.02. The number of anilines is 3. The van der Waals surface area contributed by atoms with E-state index >= 15 is 0 Å². The van der Waals surface area contributed by atoms with Crippen molar-refractivity contribution in [3.8, 4) is 0 Å². The zero-order chi connectivity index (χ0) is 13.1. The quantitative estimate of drug-likeness (QED) is 0.900. The third-order valence-electron chi connectivity index (χ3n) is 2.51. The molecule has 0 radical (unpaired) electrons. The Morgan fingerprint density at radius 2 is 2.17 bits per heavy atom. The van der Waals surface area contributed by atoms with Gasteiger partial charge in [-0.25, -0.2) is 9.97 Å². The number of nitrogen functional groups attached to an aromatic ring is 1. The van der Waals surface area contributed by atoms with Crippen LogP contribution < -0.4 is 11.1 Å². The Hall–Kier alpha value is -1.33. The Kier molecular flexibility index (Phi) is 4.04. The number of nitrogens with two attached hydrogens (primary N) is 1. The number of aromatic nitrogens is 2. The predicted molar refractivity (Wildman–Crippen MR) is 78.3 cm³/mol. The maximum atomic E-state index is 6.04. The molecule has 0 unspecified atom stereocenters. The first kappa shape index (κ1) is 13.1. The molecule has 0 aliphatic rings. The van der Waals surface area contributed by atoms with Gasteiger partial charge in [0.1, 0.15) is 18.0 Å². The van der Waals surface area contributed by atoms with Crippen LogP contribution in [0.1, 0.15) is 12.5 Å². The van der Waals surface area contributed by atoms with Crippen molar-refractivity contribution in [2.24, 2.45) is 0 Å². The van der Waals surface area contributed by atoms with Gasteiger partial charge in [-0.1, -0.05) is 18.5 Å². The molecule has 1 heterocycles. The molecular weight excluding hydrogens is 316 g/mol. The smallest absolute Gasteiger partial charge is 0.139 e. The van der Waals surface area contributed by atoms with E-state index in [1.54, 1.807) is 0 Å². The van der Waals surface area contributed by atoms with Crippen molar-refractivity contribution in [3.63, 3.8) is 0 Å². The van der Waals surface area contributed by atoms with Crippen LogP contribution >= 0.6 is 27.5 Å². The van der Waals surface area contributed by atoms with Crippen LogP contribution in [0.5, 0.6) is 0 Å². The molecule has 0 fully saturated rings. The SMILES string of the molecule is CCc1c(N)ncnc1Nc1ccc(Br)c(Cl)c1. The summed E-state index contributed by atoms with van der Waals surface area (Å²) in [5, 5.41) is 3.83. The molecule has 2 rings (SSSR count). The van der Waals surface area contributed by atoms with E-state index in [9.17, 15) is 0 Å². The molecule has 0 saturated heterocycles. The van der Waals surface area contributed by atoms with Gasteiger partial charge >= 0.3 is 0 Å². The largest absolute Gasteiger partial charge is 0.383 e. The maximum Gasteiger partial charge on any atom is 0.139 e. The third-order valence-corrected chi connectivity index (χ3v) is 3.75. The molecule has 94 valence electrons. The lowest BCUT2D eigenvalue weighted by Crippen LogP contribution is -2.04. The molecule has 0 amide bonds. The van der Waals surface area contributed by atoms with Gasteiger partial charge < -0.3 is 11.1 Å². The van der Waals surface area contributed by atoms with E-state index in [0.29, 0.717) is 16.7 Å². The van der Waals surface area contributed by atoms with E-state index in [2.05, 4.69) is 31.2 Å². The minimum Gasteiger partial charge on any atom is -0.383 e. The summed E-state index contributed by atoms with van der Waals surface area (Å²) in [4.78, 5) is 8.18. The van der Waals surface area contributed by atoms with Crippen molar-refractivity contribution in [1.82, 2.24) is 9.97 Å². The summed E-state index contributed by atoms with van der Waals surface area (Å²) >= 11 is 9.39. The van der Waals surface area contributed by atoms with E-state index in [1.807, 2.05) is 25.1 Å². The number of halogens is 2. The molecule has 0 aliphatic carbocycles. The van der Waals surface area contributed by atoms with Crippen molar-refractivity contribution in [2.75, 3.05) is 11.1 Å². The average molecular weight is 328 g/mol. The molecule has 1 aromatic carbocycles. The predicted octanol–water partition coefficient (Wildman–Crippen LogP) is 3.78. The summed E-state index contributed by atoms with van der Waals surface area (Å²) in [5.41, 5.74) is 7.57. The molecule has 0 aliphatic heterocycles. The van der Waals surface area contributed by atoms with Gasteiger partial charge in [-0.15, -0.1) is 0 Å². The monoisotopic (exact) mass is 326 g/mol. The van der Waals surface area contributed by atoms with E-state index in [-0.39, 0.29) is 0 Å². The van der Waals surface area contributed by atoms with E-state index in [4.69, 9.17) is 17.3 Å². The number of nitrogens with zero attached hydrogens (tertiary/aromatic N) is 2. The van der Waals surface area contributed by atoms with Crippen LogP contribution in [0, 0.1) is 0 Å². The first-order valence-electron chi connectivity index (χ1n) is 5.43. The molecule has 0 saturated carbocycles. The van der Waals surface area contributed by atoms with Crippen LogP contribution in [0.2, 0.25) is 5.02 Å². The molecule has 0 spiro atoms. The van der Waals surface area contributed by atoms with Gasteiger partial charge in [0.05, 0.1) is 5.02 Å². The second-order valence-electron chi connectivity index (χ2n) is 3.69. The molecule has 0 bridgehead atoms. The van der Waals surface area contributed by atoms with Crippen LogP contribution in [0.25, 0.3) is 0 Å². The zero-order valence-corrected chi connectivity index (χ0v) is 12.1. The summed E-state index contributed by atoms with van der Waals surface area (Å²) in [6.07, 6.45) is 2.20. The number of nitrogens with one attached hydrogen (secondary N) is 1. The summed E-state index contributed by atoms with van der Waals surface area (Å²) in [6.45, 7) is 2.01. The molecule has 0 atom stereocenters. The average Bonchev–Trinajstić information content (AvgIpc) is 2.34. The van der Waals surface area contributed by atoms with Gasteiger partial charge in [0.25, 0.3) is 0 Å². The van der Waals surface area contributed by atoms with E-state index in [0.717, 1.165) is 22.1 Å². The highest BCUT2D eigenvalue weighted by atomic mass is 79.9. The van der Waals surface area contributed by atoms with Crippen LogP contribution in [-0.2, 0) is 6.42 Å². The Morgan fingerprint density at radius 3 is 2.83 bits per heavy atom. The Labute approximate surface area is 119 Å². The van der Waals surface area contributed by atoms with Crippen molar-refractivity contribution >= 4 is 44.9 Å². The zero-order valence-electron chi connectivity index (χ0n) is 9.74.